The minimum absolute atomic E-state index is 0.0185. The number of fused-ring (bicyclic) bond motifs is 3. The second-order valence-electron chi connectivity index (χ2n) is 12.2. The van der Waals surface area contributed by atoms with E-state index in [1.54, 1.807) is 25.1 Å². The number of halogens is 2. The molecule has 0 unspecified atom stereocenters. The van der Waals surface area contributed by atoms with E-state index in [0.29, 0.717) is 16.8 Å². The van der Waals surface area contributed by atoms with Crippen molar-refractivity contribution in [2.24, 2.45) is 17.6 Å². The molecule has 5 rings (SSSR count). The van der Waals surface area contributed by atoms with Gasteiger partial charge in [0.05, 0.1) is 11.6 Å². The third-order valence-electron chi connectivity index (χ3n) is 9.19. The Bertz CT molecular complexity index is 1650. The van der Waals surface area contributed by atoms with E-state index in [1.165, 1.54) is 37.2 Å². The zero-order valence-corrected chi connectivity index (χ0v) is 24.8. The van der Waals surface area contributed by atoms with Gasteiger partial charge in [-0.25, -0.2) is 8.78 Å². The molecule has 0 heterocycles. The zero-order valence-electron chi connectivity index (χ0n) is 24.8. The molecule has 0 aromatic heterocycles. The number of amides is 1. The molecule has 2 aromatic rings. The third kappa shape index (κ3) is 4.55. The van der Waals surface area contributed by atoms with Crippen molar-refractivity contribution in [2.45, 2.75) is 43.7 Å². The number of rotatable bonds is 7. The normalized spacial score (nSPS) is 24.8. The molecule has 10 nitrogen and oxygen atoms in total. The summed E-state index contributed by atoms with van der Waals surface area (Å²) in [7, 11) is 6.61. The number of aromatic hydroxyl groups is 1. The molecule has 0 bridgehead atoms. The van der Waals surface area contributed by atoms with Crippen molar-refractivity contribution in [1.29, 1.82) is 0 Å². The first-order valence-corrected chi connectivity index (χ1v) is 14.3. The van der Waals surface area contributed by atoms with E-state index in [0.717, 1.165) is 0 Å². The number of carbonyl (C=O) groups excluding carboxylic acids is 3. The van der Waals surface area contributed by atoms with Crippen LogP contribution < -0.4 is 10.6 Å². The molecular formula is C32H35F2N3O7. The first-order chi connectivity index (χ1) is 20.6. The fraction of sp³-hybridized carbons (Fsp3) is 0.406. The first kappa shape index (κ1) is 31.1. The molecule has 4 atom stereocenters. The van der Waals surface area contributed by atoms with Gasteiger partial charge in [0.25, 0.3) is 5.91 Å². The summed E-state index contributed by atoms with van der Waals surface area (Å²) in [5.74, 6) is -8.51. The number of phenols is 1. The lowest BCUT2D eigenvalue weighted by Gasteiger charge is -2.50. The number of ketones is 2. The second-order valence-corrected chi connectivity index (χ2v) is 12.2. The van der Waals surface area contributed by atoms with Crippen molar-refractivity contribution >= 4 is 28.9 Å². The van der Waals surface area contributed by atoms with Gasteiger partial charge in [-0.15, -0.1) is 0 Å². The molecule has 1 fully saturated rings. The van der Waals surface area contributed by atoms with Gasteiger partial charge in [0.15, 0.2) is 11.4 Å². The quantitative estimate of drug-likeness (QED) is 0.296. The first-order valence-electron chi connectivity index (χ1n) is 14.3. The van der Waals surface area contributed by atoms with Gasteiger partial charge in [0.2, 0.25) is 5.78 Å². The SMILES string of the molecule is CN(C)c1cc(CCCc2c(F)cccc2F)c(O)c2c1C[C@H]1C[C@H]3[C@H](N(C)C)C(=O)C(C(N)=O)=C(O)[C@@]3(O)C(=O)C1=C2O. The van der Waals surface area contributed by atoms with Crippen LogP contribution in [0.25, 0.3) is 5.76 Å². The molecular weight excluding hydrogens is 576 g/mol. The van der Waals surface area contributed by atoms with Gasteiger partial charge in [-0.05, 0) is 81.4 Å². The molecule has 0 radical (unpaired) electrons. The Balaban J connectivity index is 1.62. The monoisotopic (exact) mass is 611 g/mol. The van der Waals surface area contributed by atoms with Gasteiger partial charge in [-0.3, -0.25) is 19.3 Å². The van der Waals surface area contributed by atoms with Crippen molar-refractivity contribution in [3.8, 4) is 5.75 Å². The van der Waals surface area contributed by atoms with Crippen LogP contribution in [-0.2, 0) is 33.6 Å². The molecule has 3 aliphatic carbocycles. The van der Waals surface area contributed by atoms with Crippen LogP contribution in [0.15, 0.2) is 41.2 Å². The van der Waals surface area contributed by atoms with Gasteiger partial charge >= 0.3 is 0 Å². The summed E-state index contributed by atoms with van der Waals surface area (Å²) in [6.45, 7) is 0. The summed E-state index contributed by atoms with van der Waals surface area (Å²) in [5.41, 5.74) is 2.94. The summed E-state index contributed by atoms with van der Waals surface area (Å²) in [6.07, 6.45) is 0.614. The van der Waals surface area contributed by atoms with Gasteiger partial charge in [0, 0.05) is 36.8 Å². The van der Waals surface area contributed by atoms with E-state index < -0.39 is 69.7 Å². The summed E-state index contributed by atoms with van der Waals surface area (Å²) >= 11 is 0. The van der Waals surface area contributed by atoms with Crippen LogP contribution in [0.4, 0.5) is 14.5 Å². The van der Waals surface area contributed by atoms with Crippen LogP contribution in [0.1, 0.15) is 35.1 Å². The molecule has 0 saturated heterocycles. The minimum Gasteiger partial charge on any atom is -0.508 e. The summed E-state index contributed by atoms with van der Waals surface area (Å²) in [5, 5.41) is 45.8. The van der Waals surface area contributed by atoms with Crippen molar-refractivity contribution < 1.29 is 43.6 Å². The lowest BCUT2D eigenvalue weighted by atomic mass is 9.57. The highest BCUT2D eigenvalue weighted by Gasteiger charge is 2.64. The fourth-order valence-corrected chi connectivity index (χ4v) is 7.16. The fourth-order valence-electron chi connectivity index (χ4n) is 7.16. The number of likely N-dealkylation sites (N-methyl/N-ethyl adjacent to an activating group) is 1. The van der Waals surface area contributed by atoms with Gasteiger partial charge in [-0.1, -0.05) is 6.07 Å². The number of aryl methyl sites for hydroxylation is 1. The maximum atomic E-state index is 14.2. The molecule has 0 spiro atoms. The zero-order chi connectivity index (χ0) is 32.4. The molecule has 234 valence electrons. The Hall–Kier alpha value is -4.29. The van der Waals surface area contributed by atoms with Crippen LogP contribution in [0, 0.1) is 23.5 Å². The maximum absolute atomic E-state index is 14.2. The Labute approximate surface area is 252 Å². The minimum atomic E-state index is -2.73. The average molecular weight is 612 g/mol. The van der Waals surface area contributed by atoms with Crippen molar-refractivity contribution in [3.05, 3.63) is 75.1 Å². The van der Waals surface area contributed by atoms with Crippen molar-refractivity contribution in [2.75, 3.05) is 33.1 Å². The Morgan fingerprint density at radius 1 is 1.07 bits per heavy atom. The number of phenolic OH excluding ortho intramolecular Hbond substituents is 1. The Morgan fingerprint density at radius 3 is 2.27 bits per heavy atom. The molecule has 2 aromatic carbocycles. The lowest BCUT2D eigenvalue weighted by Crippen LogP contribution is -2.65. The standard InChI is InChI=1S/C32H35F2N3O7/c1-36(2)21-13-14(7-5-8-16-19(33)9-6-10-20(16)34)26(38)23-17(21)11-15-12-18-25(37(3)4)28(40)24(31(35)43)30(42)32(18,44)29(41)22(15)27(23)39/h6,9-10,13,15,18,25,38-39,42,44H,5,7-8,11-12H2,1-4H3,(H2,35,43)/t15-,18-,25-,32-/m0/s1. The van der Waals surface area contributed by atoms with Crippen LogP contribution in [0.2, 0.25) is 0 Å². The van der Waals surface area contributed by atoms with E-state index in [2.05, 4.69) is 0 Å². The largest absolute Gasteiger partial charge is 0.508 e. The van der Waals surface area contributed by atoms with E-state index in [9.17, 15) is 43.6 Å². The third-order valence-corrected chi connectivity index (χ3v) is 9.19. The number of hydrogen-bond donors (Lipinski definition) is 5. The summed E-state index contributed by atoms with van der Waals surface area (Å²) in [4.78, 5) is 42.7. The predicted octanol–water partition coefficient (Wildman–Crippen LogP) is 2.48. The average Bonchev–Trinajstić information content (AvgIpc) is 2.92. The van der Waals surface area contributed by atoms with Crippen LogP contribution in [0.3, 0.4) is 0 Å². The van der Waals surface area contributed by atoms with Gasteiger partial charge in [0.1, 0.15) is 34.5 Å². The predicted molar refractivity (Wildman–Crippen MR) is 157 cm³/mol. The van der Waals surface area contributed by atoms with E-state index >= 15 is 0 Å². The van der Waals surface area contributed by atoms with Gasteiger partial charge < -0.3 is 31.1 Å². The summed E-state index contributed by atoms with van der Waals surface area (Å²) < 4.78 is 28.4. The number of benzene rings is 2. The number of Topliss-reactive ketones (excluding diaryl/α,β-unsaturated/α-hetero) is 2. The number of aliphatic hydroxyl groups is 3. The van der Waals surface area contributed by atoms with Crippen LogP contribution >= 0.6 is 0 Å². The molecule has 1 saturated carbocycles. The molecule has 6 N–H and O–H groups in total. The van der Waals surface area contributed by atoms with Crippen LogP contribution in [0.5, 0.6) is 5.75 Å². The van der Waals surface area contributed by atoms with Crippen LogP contribution in [-0.4, -0.2) is 82.6 Å². The molecule has 44 heavy (non-hydrogen) atoms. The molecule has 3 aliphatic rings. The van der Waals surface area contributed by atoms with Gasteiger partial charge in [-0.2, -0.15) is 0 Å². The van der Waals surface area contributed by atoms with E-state index in [1.807, 2.05) is 0 Å². The Kier molecular flexibility index (Phi) is 7.79. The number of primary amides is 1. The highest BCUT2D eigenvalue weighted by Crippen LogP contribution is 2.54. The topological polar surface area (TPSA) is 165 Å². The second kappa shape index (κ2) is 11.0. The number of carbonyl (C=O) groups is 3. The maximum Gasteiger partial charge on any atom is 0.255 e. The number of hydrogen-bond acceptors (Lipinski definition) is 9. The highest BCUT2D eigenvalue weighted by atomic mass is 19.1. The molecule has 0 aliphatic heterocycles. The number of anilines is 1. The van der Waals surface area contributed by atoms with E-state index in [-0.39, 0.29) is 54.6 Å². The van der Waals surface area contributed by atoms with E-state index in [4.69, 9.17) is 5.73 Å². The van der Waals surface area contributed by atoms with Crippen molar-refractivity contribution in [3.63, 3.8) is 0 Å². The number of nitrogens with zero attached hydrogens (tertiary/aromatic N) is 2. The molecule has 1 amide bonds. The summed E-state index contributed by atoms with van der Waals surface area (Å²) in [6, 6.07) is 4.17. The Morgan fingerprint density at radius 2 is 1.70 bits per heavy atom. The number of nitrogens with two attached hydrogens (primary N) is 1. The number of aliphatic hydroxyl groups excluding tert-OH is 2. The smallest absolute Gasteiger partial charge is 0.255 e. The molecule has 12 heteroatoms. The highest BCUT2D eigenvalue weighted by molar-refractivity contribution is 6.24. The van der Waals surface area contributed by atoms with Crippen molar-refractivity contribution in [1.82, 2.24) is 4.90 Å². The lowest BCUT2D eigenvalue weighted by molar-refractivity contribution is -0.153.